The van der Waals surface area contributed by atoms with E-state index in [1.165, 1.54) is 19.3 Å². The summed E-state index contributed by atoms with van der Waals surface area (Å²) in [6.07, 6.45) is 5.91. The van der Waals surface area contributed by atoms with E-state index in [4.69, 9.17) is 4.74 Å². The zero-order chi connectivity index (χ0) is 13.7. The quantitative estimate of drug-likeness (QED) is 0.768. The molecule has 0 radical (unpaired) electrons. The van der Waals surface area contributed by atoms with Crippen LogP contribution < -0.4 is 0 Å². The lowest BCUT2D eigenvalue weighted by Gasteiger charge is -2.35. The van der Waals surface area contributed by atoms with E-state index < -0.39 is 10.0 Å². The van der Waals surface area contributed by atoms with Gasteiger partial charge in [-0.15, -0.1) is 0 Å². The van der Waals surface area contributed by atoms with Crippen molar-refractivity contribution >= 4 is 10.0 Å². The minimum atomic E-state index is -3.05. The Labute approximate surface area is 121 Å². The molecule has 2 aliphatic carbocycles. The highest BCUT2D eigenvalue weighted by Gasteiger charge is 2.45. The molecule has 0 spiro atoms. The molecule has 0 aromatic heterocycles. The maximum Gasteiger partial charge on any atom is 0.217 e. The summed E-state index contributed by atoms with van der Waals surface area (Å²) in [7, 11) is -3.05. The Kier molecular flexibility index (Phi) is 3.33. The molecule has 2 aliphatic heterocycles. The third-order valence-electron chi connectivity index (χ3n) is 5.42. The third kappa shape index (κ3) is 2.30. The molecule has 2 saturated heterocycles. The summed E-state index contributed by atoms with van der Waals surface area (Å²) in [5.74, 6) is 0.367. The molecule has 0 aromatic rings. The zero-order valence-electron chi connectivity index (χ0n) is 11.9. The van der Waals surface area contributed by atoms with Gasteiger partial charge in [-0.25, -0.2) is 8.42 Å². The van der Waals surface area contributed by atoms with E-state index in [-0.39, 0.29) is 11.4 Å². The van der Waals surface area contributed by atoms with Gasteiger partial charge in [-0.3, -0.25) is 4.90 Å². The molecule has 0 amide bonds. The van der Waals surface area contributed by atoms with E-state index in [2.05, 4.69) is 4.90 Å². The second-order valence-corrected chi connectivity index (χ2v) is 9.02. The molecule has 0 aromatic carbocycles. The first-order chi connectivity index (χ1) is 9.64. The fourth-order valence-electron chi connectivity index (χ4n) is 3.75. The predicted molar refractivity (Wildman–Crippen MR) is 76.0 cm³/mol. The van der Waals surface area contributed by atoms with E-state index in [0.29, 0.717) is 25.6 Å². The van der Waals surface area contributed by atoms with Crippen molar-refractivity contribution in [3.63, 3.8) is 0 Å². The Morgan fingerprint density at radius 2 is 1.80 bits per heavy atom. The van der Waals surface area contributed by atoms with Crippen LogP contribution >= 0.6 is 0 Å². The lowest BCUT2D eigenvalue weighted by Crippen LogP contribution is -2.41. The van der Waals surface area contributed by atoms with Crippen molar-refractivity contribution in [3.8, 4) is 0 Å². The molecular formula is C14H24N2O3S. The number of sulfonamides is 1. The second kappa shape index (κ2) is 4.93. The first kappa shape index (κ1) is 13.5. The number of fused-ring (bicyclic) bond motifs is 1. The topological polar surface area (TPSA) is 49.9 Å². The summed E-state index contributed by atoms with van der Waals surface area (Å²) in [6, 6.07) is 0.735. The number of rotatable bonds is 3. The number of likely N-dealkylation sites (tertiary alicyclic amines) is 1. The minimum absolute atomic E-state index is 0.0943. The number of hydrogen-bond acceptors (Lipinski definition) is 4. The van der Waals surface area contributed by atoms with Crippen molar-refractivity contribution in [2.75, 3.05) is 32.8 Å². The van der Waals surface area contributed by atoms with Gasteiger partial charge < -0.3 is 4.74 Å². The van der Waals surface area contributed by atoms with Gasteiger partial charge in [0.05, 0.1) is 18.0 Å². The maximum absolute atomic E-state index is 12.4. The Bertz CT molecular complexity index is 473. The first-order valence-electron chi connectivity index (χ1n) is 7.99. The van der Waals surface area contributed by atoms with Crippen molar-refractivity contribution in [1.82, 2.24) is 9.21 Å². The van der Waals surface area contributed by atoms with Crippen LogP contribution in [0.3, 0.4) is 0 Å². The zero-order valence-corrected chi connectivity index (χ0v) is 12.7. The van der Waals surface area contributed by atoms with Gasteiger partial charge in [-0.1, -0.05) is 6.42 Å². The van der Waals surface area contributed by atoms with Crippen LogP contribution in [0.2, 0.25) is 0 Å². The van der Waals surface area contributed by atoms with Crippen molar-refractivity contribution in [1.29, 1.82) is 0 Å². The molecule has 4 aliphatic rings. The lowest BCUT2D eigenvalue weighted by molar-refractivity contribution is 0.0453. The van der Waals surface area contributed by atoms with Crippen LogP contribution in [-0.4, -0.2) is 67.8 Å². The predicted octanol–water partition coefficient (Wildman–Crippen LogP) is 0.664. The Balaban J connectivity index is 1.45. The van der Waals surface area contributed by atoms with Gasteiger partial charge in [0.2, 0.25) is 10.0 Å². The van der Waals surface area contributed by atoms with Crippen LogP contribution in [-0.2, 0) is 14.8 Å². The largest absolute Gasteiger partial charge is 0.375 e. The molecule has 20 heavy (non-hydrogen) atoms. The standard InChI is InChI=1S/C14H24N2O3S/c17-20(18,13-4-5-13)16-6-7-19-14-10-15(8-11(14)9-16)12-2-1-3-12/h11-14H,1-10H2/t11-,14-/m0/s1. The van der Waals surface area contributed by atoms with Crippen molar-refractivity contribution in [3.05, 3.63) is 0 Å². The van der Waals surface area contributed by atoms with Crippen molar-refractivity contribution in [2.24, 2.45) is 5.92 Å². The maximum atomic E-state index is 12.4. The fraction of sp³-hybridized carbons (Fsp3) is 1.00. The number of hydrogen-bond donors (Lipinski definition) is 0. The second-order valence-electron chi connectivity index (χ2n) is 6.81. The Hall–Kier alpha value is -0.170. The normalized spacial score (nSPS) is 37.4. The van der Waals surface area contributed by atoms with Crippen LogP contribution in [0.1, 0.15) is 32.1 Å². The monoisotopic (exact) mass is 300 g/mol. The van der Waals surface area contributed by atoms with Gasteiger partial charge in [0.1, 0.15) is 0 Å². The van der Waals surface area contributed by atoms with Gasteiger partial charge >= 0.3 is 0 Å². The van der Waals surface area contributed by atoms with Gasteiger partial charge in [-0.2, -0.15) is 4.31 Å². The molecule has 2 saturated carbocycles. The van der Waals surface area contributed by atoms with Crippen LogP contribution in [0.5, 0.6) is 0 Å². The molecule has 114 valence electrons. The van der Waals surface area contributed by atoms with E-state index in [1.807, 2.05) is 0 Å². The summed E-state index contributed by atoms with van der Waals surface area (Å²) >= 11 is 0. The van der Waals surface area contributed by atoms with Gasteiger partial charge in [-0.05, 0) is 25.7 Å². The molecule has 0 bridgehead atoms. The molecule has 2 heterocycles. The molecule has 4 fully saturated rings. The lowest BCUT2D eigenvalue weighted by atomic mass is 9.92. The summed E-state index contributed by atoms with van der Waals surface area (Å²) in [6.45, 7) is 3.81. The number of nitrogens with zero attached hydrogens (tertiary/aromatic N) is 2. The molecule has 0 N–H and O–H groups in total. The highest BCUT2D eigenvalue weighted by molar-refractivity contribution is 7.90. The van der Waals surface area contributed by atoms with Crippen molar-refractivity contribution < 1.29 is 13.2 Å². The highest BCUT2D eigenvalue weighted by Crippen LogP contribution is 2.35. The summed E-state index contributed by atoms with van der Waals surface area (Å²) in [4.78, 5) is 2.53. The van der Waals surface area contributed by atoms with Gasteiger partial charge in [0.15, 0.2) is 0 Å². The molecule has 4 rings (SSSR count). The molecule has 0 unspecified atom stereocenters. The SMILES string of the molecule is O=S(=O)(C1CC1)N1CCO[C@H]2CN(C3CCC3)C[C@H]2C1. The summed E-state index contributed by atoms with van der Waals surface area (Å²) in [5, 5.41) is -0.0943. The van der Waals surface area contributed by atoms with Crippen molar-refractivity contribution in [2.45, 2.75) is 49.5 Å². The van der Waals surface area contributed by atoms with E-state index in [9.17, 15) is 8.42 Å². The van der Waals surface area contributed by atoms with Gasteiger partial charge in [0.25, 0.3) is 0 Å². The molecular weight excluding hydrogens is 276 g/mol. The van der Waals surface area contributed by atoms with E-state index in [0.717, 1.165) is 32.0 Å². The van der Waals surface area contributed by atoms with Crippen LogP contribution in [0.25, 0.3) is 0 Å². The average Bonchev–Trinajstić information content (AvgIpc) is 3.13. The van der Waals surface area contributed by atoms with Crippen LogP contribution in [0, 0.1) is 5.92 Å². The Morgan fingerprint density at radius 1 is 1.00 bits per heavy atom. The Morgan fingerprint density at radius 3 is 2.45 bits per heavy atom. The molecule has 6 heteroatoms. The van der Waals surface area contributed by atoms with E-state index in [1.54, 1.807) is 4.31 Å². The smallest absolute Gasteiger partial charge is 0.217 e. The minimum Gasteiger partial charge on any atom is -0.375 e. The summed E-state index contributed by atoms with van der Waals surface area (Å²) < 4.78 is 32.5. The third-order valence-corrected chi connectivity index (χ3v) is 7.78. The van der Waals surface area contributed by atoms with E-state index >= 15 is 0 Å². The number of ether oxygens (including phenoxy) is 1. The fourth-order valence-corrected chi connectivity index (χ4v) is 5.64. The van der Waals surface area contributed by atoms with Crippen LogP contribution in [0.4, 0.5) is 0 Å². The summed E-state index contributed by atoms with van der Waals surface area (Å²) in [5.41, 5.74) is 0. The molecule has 5 nitrogen and oxygen atoms in total. The van der Waals surface area contributed by atoms with Gasteiger partial charge in [0, 0.05) is 38.1 Å². The van der Waals surface area contributed by atoms with Crippen LogP contribution in [0.15, 0.2) is 0 Å². The first-order valence-corrected chi connectivity index (χ1v) is 9.49. The average molecular weight is 300 g/mol. The highest BCUT2D eigenvalue weighted by atomic mass is 32.2. The molecule has 2 atom stereocenters.